The maximum absolute atomic E-state index is 13.8. The van der Waals surface area contributed by atoms with E-state index >= 15 is 0 Å². The SMILES string of the molecule is Cc1noc(C)c1-c1c(Cl)ccc2c(CCCOc3cccc4cc(F)ccc34)c(C(=O)OC=O)n(CCN3CCNCC3)c12. The summed E-state index contributed by atoms with van der Waals surface area (Å²) in [5.41, 5.74) is 3.98. The standard InChI is InChI=1S/C34H34ClFN4O5/c1-21-30(22(2)45-38-21)31-28(35)11-10-27-26(6-4-18-43-29-7-3-5-23-19-24(36)8-9-25(23)29)33(34(42)44-20-41)40(32(27)31)17-16-39-14-12-37-13-15-39/h3,5,7-11,19-20,37H,4,6,12-18H2,1-2H3. The summed E-state index contributed by atoms with van der Waals surface area (Å²) >= 11 is 6.90. The van der Waals surface area contributed by atoms with Crippen molar-refractivity contribution in [3.63, 3.8) is 0 Å². The number of rotatable bonds is 11. The lowest BCUT2D eigenvalue weighted by Crippen LogP contribution is -2.44. The fourth-order valence-corrected chi connectivity index (χ4v) is 6.58. The third-order valence-electron chi connectivity index (χ3n) is 8.39. The van der Waals surface area contributed by atoms with Crippen molar-refractivity contribution in [2.45, 2.75) is 33.2 Å². The van der Waals surface area contributed by atoms with Gasteiger partial charge in [-0.3, -0.25) is 9.69 Å². The summed E-state index contributed by atoms with van der Waals surface area (Å²) in [6.45, 7) is 8.90. The van der Waals surface area contributed by atoms with E-state index in [2.05, 4.69) is 15.4 Å². The first-order valence-electron chi connectivity index (χ1n) is 15.0. The quantitative estimate of drug-likeness (QED) is 0.0809. The van der Waals surface area contributed by atoms with Gasteiger partial charge in [0.1, 0.15) is 23.0 Å². The lowest BCUT2D eigenvalue weighted by Gasteiger charge is -2.27. The van der Waals surface area contributed by atoms with Gasteiger partial charge in [0.05, 0.1) is 28.4 Å². The van der Waals surface area contributed by atoms with Crippen molar-refractivity contribution in [3.8, 4) is 16.9 Å². The second-order valence-electron chi connectivity index (χ2n) is 11.2. The number of benzene rings is 3. The van der Waals surface area contributed by atoms with Crippen molar-refractivity contribution < 1.29 is 28.0 Å². The molecular weight excluding hydrogens is 599 g/mol. The number of halogens is 2. The van der Waals surface area contributed by atoms with E-state index < -0.39 is 5.97 Å². The second kappa shape index (κ2) is 13.4. The molecular formula is C34H34ClFN4O5. The van der Waals surface area contributed by atoms with Crippen molar-refractivity contribution >= 4 is 45.7 Å². The number of nitrogens with one attached hydrogen (secondary N) is 1. The molecule has 1 saturated heterocycles. The van der Waals surface area contributed by atoms with Crippen molar-refractivity contribution in [3.05, 3.63) is 82.1 Å². The molecule has 0 unspecified atom stereocenters. The molecule has 11 heteroatoms. The van der Waals surface area contributed by atoms with Gasteiger partial charge < -0.3 is 23.9 Å². The minimum atomic E-state index is -0.727. The van der Waals surface area contributed by atoms with Gasteiger partial charge in [-0.25, -0.2) is 9.18 Å². The molecule has 1 fully saturated rings. The molecule has 0 spiro atoms. The topological polar surface area (TPSA) is 98.8 Å². The molecule has 0 saturated carbocycles. The molecule has 1 N–H and O–H groups in total. The average Bonchev–Trinajstić information content (AvgIpc) is 3.54. The lowest BCUT2D eigenvalue weighted by atomic mass is 9.98. The molecule has 1 aliphatic heterocycles. The lowest BCUT2D eigenvalue weighted by molar-refractivity contribution is -0.123. The van der Waals surface area contributed by atoms with Crippen molar-refractivity contribution in [2.24, 2.45) is 0 Å². The van der Waals surface area contributed by atoms with Gasteiger partial charge in [-0.15, -0.1) is 0 Å². The predicted octanol–water partition coefficient (Wildman–Crippen LogP) is 6.09. The largest absolute Gasteiger partial charge is 0.493 e. The number of piperazine rings is 1. The third kappa shape index (κ3) is 6.18. The number of hydrogen-bond donors (Lipinski definition) is 1. The summed E-state index contributed by atoms with van der Waals surface area (Å²) in [6.07, 6.45) is 1.02. The molecule has 2 aromatic heterocycles. The van der Waals surface area contributed by atoms with Crippen molar-refractivity contribution in [1.82, 2.24) is 19.9 Å². The molecule has 6 rings (SSSR count). The monoisotopic (exact) mass is 632 g/mol. The van der Waals surface area contributed by atoms with Crippen LogP contribution in [0.3, 0.4) is 0 Å². The zero-order valence-corrected chi connectivity index (χ0v) is 26.0. The molecule has 5 aromatic rings. The first kappa shape index (κ1) is 30.8. The minimum Gasteiger partial charge on any atom is -0.493 e. The smallest absolute Gasteiger partial charge is 0.362 e. The van der Waals surface area contributed by atoms with E-state index in [0.29, 0.717) is 60.5 Å². The number of aryl methyl sites for hydroxylation is 3. The van der Waals surface area contributed by atoms with Gasteiger partial charge in [0.25, 0.3) is 0 Å². The van der Waals surface area contributed by atoms with Gasteiger partial charge in [0, 0.05) is 55.6 Å². The van der Waals surface area contributed by atoms with Gasteiger partial charge in [-0.05, 0) is 68.0 Å². The van der Waals surface area contributed by atoms with Crippen molar-refractivity contribution in [1.29, 1.82) is 0 Å². The fourth-order valence-electron chi connectivity index (χ4n) is 6.34. The van der Waals surface area contributed by atoms with Crippen LogP contribution in [0.5, 0.6) is 5.75 Å². The van der Waals surface area contributed by atoms with Gasteiger partial charge in [-0.1, -0.05) is 35.0 Å². The highest BCUT2D eigenvalue weighted by atomic mass is 35.5. The van der Waals surface area contributed by atoms with Crippen LogP contribution in [0, 0.1) is 19.7 Å². The maximum Gasteiger partial charge on any atom is 0.362 e. The molecule has 45 heavy (non-hydrogen) atoms. The highest BCUT2D eigenvalue weighted by molar-refractivity contribution is 6.35. The zero-order chi connectivity index (χ0) is 31.5. The average molecular weight is 633 g/mol. The molecule has 1 aliphatic rings. The van der Waals surface area contributed by atoms with Crippen LogP contribution in [-0.4, -0.2) is 66.4 Å². The minimum absolute atomic E-state index is 0.166. The van der Waals surface area contributed by atoms with E-state index in [1.807, 2.05) is 48.7 Å². The van der Waals surface area contributed by atoms with Crippen LogP contribution in [0.25, 0.3) is 32.8 Å². The summed E-state index contributed by atoms with van der Waals surface area (Å²) in [5.74, 6) is 0.228. The number of aromatic nitrogens is 2. The van der Waals surface area contributed by atoms with E-state index in [1.54, 1.807) is 6.07 Å². The molecule has 3 heterocycles. The third-order valence-corrected chi connectivity index (χ3v) is 8.71. The number of fused-ring (bicyclic) bond motifs is 2. The molecule has 0 atom stereocenters. The molecule has 9 nitrogen and oxygen atoms in total. The van der Waals surface area contributed by atoms with Crippen LogP contribution >= 0.6 is 11.6 Å². The Bertz CT molecular complexity index is 1860. The maximum atomic E-state index is 13.8. The summed E-state index contributed by atoms with van der Waals surface area (Å²) in [6, 6.07) is 13.8. The van der Waals surface area contributed by atoms with Gasteiger partial charge >= 0.3 is 12.4 Å². The van der Waals surface area contributed by atoms with Gasteiger partial charge in [-0.2, -0.15) is 0 Å². The Balaban J connectivity index is 1.41. The Morgan fingerprint density at radius 3 is 2.64 bits per heavy atom. The number of carbonyl (C=O) groups excluding carboxylic acids is 2. The number of hydrogen-bond acceptors (Lipinski definition) is 8. The van der Waals surface area contributed by atoms with Crippen LogP contribution < -0.4 is 10.1 Å². The highest BCUT2D eigenvalue weighted by Gasteiger charge is 2.29. The molecule has 3 aromatic carbocycles. The van der Waals surface area contributed by atoms with Gasteiger partial charge in [0.2, 0.25) is 0 Å². The Morgan fingerprint density at radius 2 is 1.89 bits per heavy atom. The fraction of sp³-hybridized carbons (Fsp3) is 0.324. The first-order valence-corrected chi connectivity index (χ1v) is 15.4. The predicted molar refractivity (Wildman–Crippen MR) is 170 cm³/mol. The molecule has 0 radical (unpaired) electrons. The van der Waals surface area contributed by atoms with Gasteiger partial charge in [0.15, 0.2) is 0 Å². The van der Waals surface area contributed by atoms with E-state index in [-0.39, 0.29) is 12.3 Å². The molecule has 0 aliphatic carbocycles. The second-order valence-corrected chi connectivity index (χ2v) is 11.6. The van der Waals surface area contributed by atoms with Crippen LogP contribution in [0.4, 0.5) is 4.39 Å². The van der Waals surface area contributed by atoms with Crippen LogP contribution in [0.2, 0.25) is 5.02 Å². The summed E-state index contributed by atoms with van der Waals surface area (Å²) in [4.78, 5) is 27.3. The Kier molecular flexibility index (Phi) is 9.16. The first-order chi connectivity index (χ1) is 21.9. The summed E-state index contributed by atoms with van der Waals surface area (Å²) < 4.78 is 32.4. The number of carbonyl (C=O) groups is 2. The summed E-state index contributed by atoms with van der Waals surface area (Å²) in [5, 5.41) is 10.4. The number of esters is 1. The van der Waals surface area contributed by atoms with Crippen LogP contribution in [0.1, 0.15) is 33.9 Å². The Hall–Kier alpha value is -4.25. The Labute approximate surface area is 264 Å². The molecule has 234 valence electrons. The van der Waals surface area contributed by atoms with Crippen LogP contribution in [-0.2, 0) is 22.5 Å². The number of ether oxygens (including phenoxy) is 2. The van der Waals surface area contributed by atoms with E-state index in [4.69, 9.17) is 25.6 Å². The van der Waals surface area contributed by atoms with E-state index in [1.165, 1.54) is 12.1 Å². The zero-order valence-electron chi connectivity index (χ0n) is 25.2. The highest BCUT2D eigenvalue weighted by Crippen LogP contribution is 2.42. The normalized spacial score (nSPS) is 13.9. The van der Waals surface area contributed by atoms with Crippen molar-refractivity contribution in [2.75, 3.05) is 39.3 Å². The Morgan fingerprint density at radius 1 is 1.09 bits per heavy atom. The van der Waals surface area contributed by atoms with E-state index in [9.17, 15) is 14.0 Å². The number of nitrogens with zero attached hydrogens (tertiary/aromatic N) is 3. The van der Waals surface area contributed by atoms with Crippen LogP contribution in [0.15, 0.2) is 53.1 Å². The summed E-state index contributed by atoms with van der Waals surface area (Å²) in [7, 11) is 0. The molecule has 0 amide bonds. The van der Waals surface area contributed by atoms with E-state index in [0.717, 1.165) is 64.5 Å². The molecule has 0 bridgehead atoms.